The van der Waals surface area contributed by atoms with E-state index in [9.17, 15) is 4.79 Å². The highest BCUT2D eigenvalue weighted by Crippen LogP contribution is 2.26. The predicted octanol–water partition coefficient (Wildman–Crippen LogP) is 2.93. The number of ether oxygens (including phenoxy) is 1. The van der Waals surface area contributed by atoms with Gasteiger partial charge < -0.3 is 15.0 Å². The number of morpholine rings is 1. The summed E-state index contributed by atoms with van der Waals surface area (Å²) in [4.78, 5) is 18.4. The highest BCUT2D eigenvalue weighted by molar-refractivity contribution is 5.88. The monoisotopic (exact) mass is 357 g/mol. The molecule has 0 saturated carbocycles. The first-order chi connectivity index (χ1) is 12.5. The fourth-order valence-electron chi connectivity index (χ4n) is 3.82. The number of H-pyrrole nitrogens is 1. The molecule has 1 aromatic heterocycles. The zero-order valence-electron chi connectivity index (χ0n) is 16.4. The number of hydrogen-bond acceptors (Lipinski definition) is 3. The summed E-state index contributed by atoms with van der Waals surface area (Å²) in [5.41, 5.74) is 6.15. The SMILES string of the molecule is CCc1[nH]c2c(CNC(=O)[C@H](C)CN3CCOCC3)cc(C)cc2c1C. The molecule has 1 fully saturated rings. The van der Waals surface area contributed by atoms with Gasteiger partial charge in [0.2, 0.25) is 5.91 Å². The van der Waals surface area contributed by atoms with E-state index in [2.05, 4.69) is 48.1 Å². The maximum Gasteiger partial charge on any atom is 0.224 e. The highest BCUT2D eigenvalue weighted by atomic mass is 16.5. The van der Waals surface area contributed by atoms with Gasteiger partial charge in [0, 0.05) is 43.2 Å². The summed E-state index contributed by atoms with van der Waals surface area (Å²) in [6.45, 7) is 13.2. The Labute approximate surface area is 156 Å². The topological polar surface area (TPSA) is 57.4 Å². The molecule has 0 spiro atoms. The number of amides is 1. The van der Waals surface area contributed by atoms with Crippen molar-refractivity contribution in [2.75, 3.05) is 32.8 Å². The number of aromatic nitrogens is 1. The minimum atomic E-state index is -0.0232. The van der Waals surface area contributed by atoms with Crippen LogP contribution in [0.5, 0.6) is 0 Å². The van der Waals surface area contributed by atoms with Crippen molar-refractivity contribution < 1.29 is 9.53 Å². The maximum absolute atomic E-state index is 12.6. The van der Waals surface area contributed by atoms with Gasteiger partial charge in [0.05, 0.1) is 18.7 Å². The third kappa shape index (κ3) is 4.10. The lowest BCUT2D eigenvalue weighted by molar-refractivity contribution is -0.125. The third-order valence-electron chi connectivity index (χ3n) is 5.39. The summed E-state index contributed by atoms with van der Waals surface area (Å²) in [6.07, 6.45) is 0.988. The smallest absolute Gasteiger partial charge is 0.224 e. The van der Waals surface area contributed by atoms with Crippen LogP contribution in [0.3, 0.4) is 0 Å². The molecule has 0 unspecified atom stereocenters. The molecule has 2 N–H and O–H groups in total. The minimum Gasteiger partial charge on any atom is -0.379 e. The number of benzene rings is 1. The summed E-state index contributed by atoms with van der Waals surface area (Å²) < 4.78 is 5.37. The maximum atomic E-state index is 12.6. The molecule has 2 heterocycles. The summed E-state index contributed by atoms with van der Waals surface area (Å²) >= 11 is 0. The van der Waals surface area contributed by atoms with Gasteiger partial charge in [-0.1, -0.05) is 25.5 Å². The van der Waals surface area contributed by atoms with E-state index in [4.69, 9.17) is 4.74 Å². The van der Waals surface area contributed by atoms with Gasteiger partial charge in [-0.2, -0.15) is 0 Å². The number of aromatic amines is 1. The van der Waals surface area contributed by atoms with E-state index in [-0.39, 0.29) is 11.8 Å². The largest absolute Gasteiger partial charge is 0.379 e. The Balaban J connectivity index is 1.67. The highest BCUT2D eigenvalue weighted by Gasteiger charge is 2.19. The minimum absolute atomic E-state index is 0.0232. The van der Waals surface area contributed by atoms with E-state index in [1.807, 2.05) is 6.92 Å². The first-order valence-electron chi connectivity index (χ1n) is 9.68. The fourth-order valence-corrected chi connectivity index (χ4v) is 3.82. The summed E-state index contributed by atoms with van der Waals surface area (Å²) in [7, 11) is 0. The molecule has 1 aliphatic heterocycles. The Kier molecular flexibility index (Phi) is 5.99. The van der Waals surface area contributed by atoms with Gasteiger partial charge in [-0.15, -0.1) is 0 Å². The van der Waals surface area contributed by atoms with Crippen molar-refractivity contribution in [1.82, 2.24) is 15.2 Å². The zero-order valence-corrected chi connectivity index (χ0v) is 16.4. The normalized spacial score (nSPS) is 16.8. The summed E-state index contributed by atoms with van der Waals surface area (Å²) in [5, 5.41) is 4.41. The van der Waals surface area contributed by atoms with Crippen molar-refractivity contribution in [3.8, 4) is 0 Å². The van der Waals surface area contributed by atoms with Crippen molar-refractivity contribution in [3.63, 3.8) is 0 Å². The van der Waals surface area contributed by atoms with E-state index >= 15 is 0 Å². The molecular formula is C21H31N3O2. The molecule has 2 aromatic rings. The molecule has 1 atom stereocenters. The van der Waals surface area contributed by atoms with E-state index in [1.54, 1.807) is 0 Å². The van der Waals surface area contributed by atoms with Crippen LogP contribution in [0.4, 0.5) is 0 Å². The first kappa shape index (κ1) is 18.9. The van der Waals surface area contributed by atoms with Crippen LogP contribution in [-0.2, 0) is 22.5 Å². The number of hydrogen-bond donors (Lipinski definition) is 2. The van der Waals surface area contributed by atoms with Gasteiger partial charge in [0.1, 0.15) is 0 Å². The number of carbonyl (C=O) groups excluding carboxylic acids is 1. The number of nitrogens with one attached hydrogen (secondary N) is 2. The molecule has 0 radical (unpaired) electrons. The molecule has 5 heteroatoms. The van der Waals surface area contributed by atoms with Crippen molar-refractivity contribution in [3.05, 3.63) is 34.5 Å². The number of fused-ring (bicyclic) bond motifs is 1. The predicted molar refractivity (Wildman–Crippen MR) is 105 cm³/mol. The number of rotatable bonds is 6. The van der Waals surface area contributed by atoms with Crippen LogP contribution in [0.25, 0.3) is 10.9 Å². The third-order valence-corrected chi connectivity index (χ3v) is 5.39. The van der Waals surface area contributed by atoms with Crippen LogP contribution in [0.1, 0.15) is 36.2 Å². The molecule has 26 heavy (non-hydrogen) atoms. The molecule has 3 rings (SSSR count). The van der Waals surface area contributed by atoms with Crippen LogP contribution >= 0.6 is 0 Å². The Morgan fingerprint density at radius 1 is 1.31 bits per heavy atom. The summed E-state index contributed by atoms with van der Waals surface area (Å²) in [6, 6.07) is 4.40. The Morgan fingerprint density at radius 3 is 2.73 bits per heavy atom. The lowest BCUT2D eigenvalue weighted by atomic mass is 10.0. The van der Waals surface area contributed by atoms with Gasteiger partial charge in [-0.05, 0) is 37.5 Å². The molecule has 1 aliphatic rings. The molecule has 0 bridgehead atoms. The summed E-state index contributed by atoms with van der Waals surface area (Å²) in [5.74, 6) is 0.0927. The van der Waals surface area contributed by atoms with Crippen molar-refractivity contribution in [2.45, 2.75) is 40.7 Å². The molecule has 1 saturated heterocycles. The average molecular weight is 357 g/mol. The number of aryl methyl sites for hydroxylation is 3. The Hall–Kier alpha value is -1.85. The van der Waals surface area contributed by atoms with Crippen molar-refractivity contribution in [2.24, 2.45) is 5.92 Å². The zero-order chi connectivity index (χ0) is 18.7. The molecule has 142 valence electrons. The van der Waals surface area contributed by atoms with E-state index in [0.717, 1.165) is 50.3 Å². The van der Waals surface area contributed by atoms with Crippen LogP contribution in [-0.4, -0.2) is 48.6 Å². The second-order valence-corrected chi connectivity index (χ2v) is 7.46. The lowest BCUT2D eigenvalue weighted by Crippen LogP contribution is -2.42. The quantitative estimate of drug-likeness (QED) is 0.836. The number of nitrogens with zero attached hydrogens (tertiary/aromatic N) is 1. The molecule has 1 amide bonds. The average Bonchev–Trinajstić information content (AvgIpc) is 2.96. The van der Waals surface area contributed by atoms with Crippen LogP contribution in [0, 0.1) is 19.8 Å². The Bertz CT molecular complexity index is 775. The van der Waals surface area contributed by atoms with Gasteiger partial charge >= 0.3 is 0 Å². The molecular weight excluding hydrogens is 326 g/mol. The van der Waals surface area contributed by atoms with Crippen LogP contribution < -0.4 is 5.32 Å². The molecule has 1 aromatic carbocycles. The lowest BCUT2D eigenvalue weighted by Gasteiger charge is -2.28. The van der Waals surface area contributed by atoms with E-state index < -0.39 is 0 Å². The van der Waals surface area contributed by atoms with Gasteiger partial charge in [0.15, 0.2) is 0 Å². The van der Waals surface area contributed by atoms with Crippen molar-refractivity contribution in [1.29, 1.82) is 0 Å². The molecule has 0 aliphatic carbocycles. The van der Waals surface area contributed by atoms with Gasteiger partial charge in [-0.3, -0.25) is 9.69 Å². The Morgan fingerprint density at radius 2 is 2.04 bits per heavy atom. The second kappa shape index (κ2) is 8.23. The van der Waals surface area contributed by atoms with Gasteiger partial charge in [0.25, 0.3) is 0 Å². The van der Waals surface area contributed by atoms with E-state index in [0.29, 0.717) is 6.54 Å². The molecule has 5 nitrogen and oxygen atoms in total. The first-order valence-corrected chi connectivity index (χ1v) is 9.68. The van der Waals surface area contributed by atoms with E-state index in [1.165, 1.54) is 22.2 Å². The van der Waals surface area contributed by atoms with Crippen molar-refractivity contribution >= 4 is 16.8 Å². The van der Waals surface area contributed by atoms with Crippen LogP contribution in [0.2, 0.25) is 0 Å². The number of carbonyl (C=O) groups is 1. The second-order valence-electron chi connectivity index (χ2n) is 7.46. The van der Waals surface area contributed by atoms with Crippen LogP contribution in [0.15, 0.2) is 12.1 Å². The fraction of sp³-hybridized carbons (Fsp3) is 0.571. The standard InChI is InChI=1S/C21H31N3O2/c1-5-19-16(4)18-11-14(2)10-17(20(18)23-19)12-22-21(25)15(3)13-24-6-8-26-9-7-24/h10-11,15,23H,5-9,12-13H2,1-4H3,(H,22,25)/t15-/m1/s1. The van der Waals surface area contributed by atoms with Gasteiger partial charge in [-0.25, -0.2) is 0 Å².